The highest BCUT2D eigenvalue weighted by atomic mass is 35.5. The molecule has 3 aromatic carbocycles. The lowest BCUT2D eigenvalue weighted by molar-refractivity contribution is -0.116. The first-order chi connectivity index (χ1) is 16.6. The molecule has 0 fully saturated rings. The van der Waals surface area contributed by atoms with E-state index in [0.717, 1.165) is 22.4 Å². The first-order valence-corrected chi connectivity index (χ1v) is 12.3. The third-order valence-electron chi connectivity index (χ3n) is 5.08. The molecule has 4 aromatic rings. The molecular formula is C24H21ClFN5O3S. The van der Waals surface area contributed by atoms with Gasteiger partial charge in [-0.25, -0.2) is 17.5 Å². The molecule has 8 nitrogen and oxygen atoms in total. The van der Waals surface area contributed by atoms with Gasteiger partial charge < -0.3 is 16.4 Å². The minimum absolute atomic E-state index is 0.0147. The lowest BCUT2D eigenvalue weighted by Gasteiger charge is -2.09. The molecule has 4 rings (SSSR count). The molecule has 0 saturated heterocycles. The molecule has 0 spiro atoms. The fraction of sp³-hybridized carbons (Fsp3) is 0.0833. The molecule has 0 bridgehead atoms. The predicted molar refractivity (Wildman–Crippen MR) is 133 cm³/mol. The summed E-state index contributed by atoms with van der Waals surface area (Å²) in [6.07, 6.45) is 0. The first-order valence-electron chi connectivity index (χ1n) is 10.4. The molecular weight excluding hydrogens is 493 g/mol. The van der Waals surface area contributed by atoms with E-state index in [9.17, 15) is 17.6 Å². The van der Waals surface area contributed by atoms with Crippen LogP contribution in [0.25, 0.3) is 0 Å². The van der Waals surface area contributed by atoms with Crippen LogP contribution >= 0.6 is 11.6 Å². The summed E-state index contributed by atoms with van der Waals surface area (Å²) >= 11 is 5.98. The largest absolute Gasteiger partial charge is 0.383 e. The van der Waals surface area contributed by atoms with Crippen molar-refractivity contribution >= 4 is 50.4 Å². The summed E-state index contributed by atoms with van der Waals surface area (Å²) in [5.74, 6) is -1.38. The average molecular weight is 514 g/mol. The fourth-order valence-corrected chi connectivity index (χ4v) is 5.03. The number of benzene rings is 3. The summed E-state index contributed by atoms with van der Waals surface area (Å²) in [6.45, 7) is 1.51. The van der Waals surface area contributed by atoms with Gasteiger partial charge in [0.05, 0.1) is 15.6 Å². The van der Waals surface area contributed by atoms with Gasteiger partial charge >= 0.3 is 0 Å². The van der Waals surface area contributed by atoms with E-state index in [-0.39, 0.29) is 32.1 Å². The van der Waals surface area contributed by atoms with Crippen LogP contribution in [0.2, 0.25) is 5.02 Å². The molecule has 1 amide bonds. The summed E-state index contributed by atoms with van der Waals surface area (Å²) in [6, 6.07) is 18.6. The highest BCUT2D eigenvalue weighted by Gasteiger charge is 2.30. The number of rotatable bonds is 7. The van der Waals surface area contributed by atoms with Crippen molar-refractivity contribution in [2.45, 2.75) is 23.3 Å². The second-order valence-electron chi connectivity index (χ2n) is 7.70. The van der Waals surface area contributed by atoms with Gasteiger partial charge in [-0.15, -0.1) is 0 Å². The van der Waals surface area contributed by atoms with Crippen molar-refractivity contribution < 1.29 is 17.6 Å². The predicted octanol–water partition coefficient (Wildman–Crippen LogP) is 4.78. The van der Waals surface area contributed by atoms with Gasteiger partial charge in [-0.1, -0.05) is 47.5 Å². The molecule has 0 saturated carbocycles. The number of halogens is 2. The van der Waals surface area contributed by atoms with Crippen LogP contribution in [0.5, 0.6) is 0 Å². The molecule has 0 radical (unpaired) electrons. The van der Waals surface area contributed by atoms with Crippen molar-refractivity contribution in [3.05, 3.63) is 89.2 Å². The van der Waals surface area contributed by atoms with Gasteiger partial charge in [-0.3, -0.25) is 4.79 Å². The SMILES string of the molecule is Cc1ccc(Nc2nn(CC(=O)Nc3ccc(F)cc3Cl)c(N)c2S(=O)(=O)c2ccccc2)cc1. The molecule has 11 heteroatoms. The van der Waals surface area contributed by atoms with E-state index in [2.05, 4.69) is 15.7 Å². The van der Waals surface area contributed by atoms with Crippen molar-refractivity contribution in [3.8, 4) is 0 Å². The lowest BCUT2D eigenvalue weighted by Crippen LogP contribution is -2.21. The Morgan fingerprint density at radius 2 is 1.77 bits per heavy atom. The lowest BCUT2D eigenvalue weighted by atomic mass is 10.2. The Bertz CT molecular complexity index is 1490. The van der Waals surface area contributed by atoms with E-state index in [0.29, 0.717) is 5.69 Å². The zero-order valence-electron chi connectivity index (χ0n) is 18.5. The highest BCUT2D eigenvalue weighted by molar-refractivity contribution is 7.91. The van der Waals surface area contributed by atoms with Gasteiger partial charge in [-0.05, 0) is 49.4 Å². The number of carbonyl (C=O) groups excluding carboxylic acids is 1. The summed E-state index contributed by atoms with van der Waals surface area (Å²) in [7, 11) is -4.08. The molecule has 0 aliphatic heterocycles. The Morgan fingerprint density at radius 3 is 2.43 bits per heavy atom. The molecule has 0 aliphatic carbocycles. The number of aromatic nitrogens is 2. The van der Waals surface area contributed by atoms with E-state index >= 15 is 0 Å². The van der Waals surface area contributed by atoms with Crippen LogP contribution in [0.15, 0.2) is 82.6 Å². The van der Waals surface area contributed by atoms with E-state index in [1.807, 2.05) is 19.1 Å². The van der Waals surface area contributed by atoms with Gasteiger partial charge in [0.15, 0.2) is 10.7 Å². The topological polar surface area (TPSA) is 119 Å². The maximum atomic E-state index is 13.5. The molecule has 180 valence electrons. The molecule has 0 atom stereocenters. The summed E-state index contributed by atoms with van der Waals surface area (Å²) in [4.78, 5) is 12.4. The van der Waals surface area contributed by atoms with Crippen molar-refractivity contribution in [2.75, 3.05) is 16.4 Å². The Balaban J connectivity index is 1.71. The number of amides is 1. The third-order valence-corrected chi connectivity index (χ3v) is 7.23. The van der Waals surface area contributed by atoms with E-state index in [1.165, 1.54) is 18.2 Å². The molecule has 0 unspecified atom stereocenters. The number of nitrogens with two attached hydrogens (primary N) is 1. The Morgan fingerprint density at radius 1 is 1.09 bits per heavy atom. The van der Waals surface area contributed by atoms with Crippen LogP contribution in [0.4, 0.5) is 27.4 Å². The number of nitrogens with zero attached hydrogens (tertiary/aromatic N) is 2. The Hall–Kier alpha value is -3.89. The normalized spacial score (nSPS) is 11.3. The summed E-state index contributed by atoms with van der Waals surface area (Å²) in [5, 5.41) is 9.83. The standard InChI is InChI=1S/C24H21ClFN5O3S/c1-15-7-10-17(11-8-15)28-24-22(35(33,34)18-5-3-2-4-6-18)23(27)31(30-24)14-21(32)29-20-12-9-16(26)13-19(20)25/h2-13H,14,27H2,1H3,(H,28,30)(H,29,32). The Kier molecular flexibility index (Phi) is 6.77. The number of anilines is 4. The number of nitrogens with one attached hydrogen (secondary N) is 2. The number of carbonyl (C=O) groups is 1. The minimum Gasteiger partial charge on any atom is -0.383 e. The van der Waals surface area contributed by atoms with Crippen LogP contribution < -0.4 is 16.4 Å². The summed E-state index contributed by atoms with van der Waals surface area (Å²) < 4.78 is 41.3. The van der Waals surface area contributed by atoms with Gasteiger partial charge in [0.2, 0.25) is 15.7 Å². The molecule has 1 aromatic heterocycles. The maximum Gasteiger partial charge on any atom is 0.246 e. The fourth-order valence-electron chi connectivity index (χ4n) is 3.33. The number of sulfone groups is 1. The third kappa shape index (κ3) is 5.28. The maximum absolute atomic E-state index is 13.5. The van der Waals surface area contributed by atoms with Gasteiger partial charge in [0.1, 0.15) is 18.2 Å². The number of hydrogen-bond acceptors (Lipinski definition) is 6. The smallest absolute Gasteiger partial charge is 0.246 e. The van der Waals surface area contributed by atoms with Crippen LogP contribution in [0.3, 0.4) is 0 Å². The zero-order chi connectivity index (χ0) is 25.2. The van der Waals surface area contributed by atoms with Gasteiger partial charge in [-0.2, -0.15) is 5.10 Å². The van der Waals surface area contributed by atoms with Crippen LogP contribution in [-0.4, -0.2) is 24.1 Å². The van der Waals surface area contributed by atoms with Crippen molar-refractivity contribution in [1.82, 2.24) is 9.78 Å². The average Bonchev–Trinajstić information content (AvgIpc) is 3.12. The number of aryl methyl sites for hydroxylation is 1. The second-order valence-corrected chi connectivity index (χ2v) is 9.99. The molecule has 1 heterocycles. The van der Waals surface area contributed by atoms with E-state index < -0.39 is 28.1 Å². The quantitative estimate of drug-likeness (QED) is 0.327. The van der Waals surface area contributed by atoms with Gasteiger partial charge in [0, 0.05) is 5.69 Å². The van der Waals surface area contributed by atoms with Crippen LogP contribution in [0, 0.1) is 12.7 Å². The van der Waals surface area contributed by atoms with E-state index in [1.54, 1.807) is 30.3 Å². The minimum atomic E-state index is -4.08. The molecule has 4 N–H and O–H groups in total. The zero-order valence-corrected chi connectivity index (χ0v) is 20.1. The van der Waals surface area contributed by atoms with E-state index in [4.69, 9.17) is 17.3 Å². The van der Waals surface area contributed by atoms with Crippen molar-refractivity contribution in [3.63, 3.8) is 0 Å². The molecule has 35 heavy (non-hydrogen) atoms. The van der Waals surface area contributed by atoms with Gasteiger partial charge in [0.25, 0.3) is 0 Å². The highest BCUT2D eigenvalue weighted by Crippen LogP contribution is 2.34. The Labute approximate surface area is 206 Å². The van der Waals surface area contributed by atoms with Crippen molar-refractivity contribution in [1.29, 1.82) is 0 Å². The van der Waals surface area contributed by atoms with Crippen molar-refractivity contribution in [2.24, 2.45) is 0 Å². The molecule has 0 aliphatic rings. The summed E-state index contributed by atoms with van der Waals surface area (Å²) in [5.41, 5.74) is 8.03. The second kappa shape index (κ2) is 9.77. The first kappa shape index (κ1) is 24.2. The number of hydrogen-bond donors (Lipinski definition) is 3. The number of nitrogen functional groups attached to an aromatic ring is 1. The monoisotopic (exact) mass is 513 g/mol. The van der Waals surface area contributed by atoms with Crippen LogP contribution in [-0.2, 0) is 21.2 Å². The van der Waals surface area contributed by atoms with Crippen LogP contribution in [0.1, 0.15) is 5.56 Å².